The second-order valence-electron chi connectivity index (χ2n) is 9.19. The minimum absolute atomic E-state index is 0.0516. The molecule has 0 bridgehead atoms. The van der Waals surface area contributed by atoms with E-state index in [4.69, 9.17) is 9.72 Å². The number of fused-ring (bicyclic) bond motifs is 2. The Hall–Kier alpha value is -3.29. The first kappa shape index (κ1) is 21.3. The zero-order valence-electron chi connectivity index (χ0n) is 19.2. The average molecular weight is 456 g/mol. The molecule has 174 valence electrons. The monoisotopic (exact) mass is 455 g/mol. The number of benzene rings is 2. The van der Waals surface area contributed by atoms with E-state index < -0.39 is 0 Å². The van der Waals surface area contributed by atoms with Crippen LogP contribution in [0.15, 0.2) is 60.9 Å². The Balaban J connectivity index is 1.24. The predicted molar refractivity (Wildman–Crippen MR) is 130 cm³/mol. The zero-order valence-corrected chi connectivity index (χ0v) is 19.2. The molecule has 0 spiro atoms. The number of amides is 1. The summed E-state index contributed by atoms with van der Waals surface area (Å²) in [5.41, 5.74) is 5.08. The van der Waals surface area contributed by atoms with Crippen molar-refractivity contribution in [1.29, 1.82) is 0 Å². The number of carbonyl (C=O) groups is 1. The van der Waals surface area contributed by atoms with Crippen molar-refractivity contribution in [1.82, 2.24) is 20.2 Å². The number of ether oxygens (including phenoxy) is 1. The lowest BCUT2D eigenvalue weighted by Gasteiger charge is -2.45. The van der Waals surface area contributed by atoms with Gasteiger partial charge in [-0.2, -0.15) is 0 Å². The first-order chi connectivity index (χ1) is 16.8. The molecular formula is C27H29N5O2. The maximum Gasteiger partial charge on any atom is 0.254 e. The highest BCUT2D eigenvalue weighted by atomic mass is 16.5. The fourth-order valence-corrected chi connectivity index (χ4v) is 5.40. The summed E-state index contributed by atoms with van der Waals surface area (Å²) in [5, 5.41) is 3.61. The maximum absolute atomic E-state index is 13.4. The quantitative estimate of drug-likeness (QED) is 0.654. The first-order valence-corrected chi connectivity index (χ1v) is 12.2. The number of rotatable bonds is 3. The van der Waals surface area contributed by atoms with Gasteiger partial charge in [-0.25, -0.2) is 9.97 Å². The molecule has 2 fully saturated rings. The van der Waals surface area contributed by atoms with Crippen LogP contribution < -0.4 is 10.2 Å². The zero-order chi connectivity index (χ0) is 22.9. The fraction of sp³-hybridized carbons (Fsp3) is 0.370. The van der Waals surface area contributed by atoms with E-state index in [1.54, 1.807) is 6.33 Å². The third kappa shape index (κ3) is 3.95. The third-order valence-corrected chi connectivity index (χ3v) is 7.14. The molecule has 7 heteroatoms. The molecule has 0 saturated carbocycles. The molecule has 1 aromatic heterocycles. The van der Waals surface area contributed by atoms with Crippen LogP contribution in [0.4, 0.5) is 5.82 Å². The van der Waals surface area contributed by atoms with E-state index in [1.807, 2.05) is 47.4 Å². The molecule has 0 aliphatic carbocycles. The van der Waals surface area contributed by atoms with Crippen LogP contribution in [0.2, 0.25) is 0 Å². The summed E-state index contributed by atoms with van der Waals surface area (Å²) in [7, 11) is 0. The smallest absolute Gasteiger partial charge is 0.254 e. The van der Waals surface area contributed by atoms with Gasteiger partial charge in [0.2, 0.25) is 0 Å². The van der Waals surface area contributed by atoms with Crippen LogP contribution >= 0.6 is 0 Å². The van der Waals surface area contributed by atoms with Crippen molar-refractivity contribution in [2.24, 2.45) is 0 Å². The molecular weight excluding hydrogens is 426 g/mol. The number of nitrogens with one attached hydrogen (secondary N) is 1. The van der Waals surface area contributed by atoms with Crippen molar-refractivity contribution < 1.29 is 9.53 Å². The lowest BCUT2D eigenvalue weighted by molar-refractivity contribution is -0.0197. The molecule has 0 radical (unpaired) electrons. The number of nitrogens with zero attached hydrogens (tertiary/aromatic N) is 4. The Kier molecular flexibility index (Phi) is 5.73. The van der Waals surface area contributed by atoms with Crippen molar-refractivity contribution in [3.63, 3.8) is 0 Å². The van der Waals surface area contributed by atoms with Gasteiger partial charge in [0.15, 0.2) is 0 Å². The number of aromatic nitrogens is 2. The van der Waals surface area contributed by atoms with E-state index in [9.17, 15) is 4.79 Å². The van der Waals surface area contributed by atoms with Gasteiger partial charge in [-0.1, -0.05) is 42.5 Å². The van der Waals surface area contributed by atoms with Gasteiger partial charge in [0.05, 0.1) is 24.9 Å². The molecule has 1 amide bonds. The van der Waals surface area contributed by atoms with Gasteiger partial charge in [-0.15, -0.1) is 0 Å². The Labute approximate surface area is 199 Å². The van der Waals surface area contributed by atoms with E-state index in [0.717, 1.165) is 67.2 Å². The Bertz CT molecular complexity index is 1170. The van der Waals surface area contributed by atoms with Gasteiger partial charge in [-0.05, 0) is 36.1 Å². The highest BCUT2D eigenvalue weighted by Gasteiger charge is 2.37. The van der Waals surface area contributed by atoms with E-state index in [1.165, 1.54) is 0 Å². The third-order valence-electron chi connectivity index (χ3n) is 7.14. The number of hydrogen-bond acceptors (Lipinski definition) is 6. The van der Waals surface area contributed by atoms with Crippen molar-refractivity contribution in [2.75, 3.05) is 31.1 Å². The van der Waals surface area contributed by atoms with E-state index in [0.29, 0.717) is 18.7 Å². The molecule has 2 aromatic carbocycles. The molecule has 4 heterocycles. The molecule has 2 unspecified atom stereocenters. The summed E-state index contributed by atoms with van der Waals surface area (Å²) in [6, 6.07) is 18.1. The number of piperidine rings is 1. The van der Waals surface area contributed by atoms with Crippen LogP contribution in [0.25, 0.3) is 11.1 Å². The molecule has 7 nitrogen and oxygen atoms in total. The summed E-state index contributed by atoms with van der Waals surface area (Å²) >= 11 is 0. The first-order valence-electron chi connectivity index (χ1n) is 12.2. The maximum atomic E-state index is 13.4. The number of carbonyl (C=O) groups excluding carboxylic acids is 1. The number of anilines is 1. The molecule has 34 heavy (non-hydrogen) atoms. The normalized spacial score (nSPS) is 22.1. The number of hydrogen-bond donors (Lipinski definition) is 1. The van der Waals surface area contributed by atoms with Crippen LogP contribution in [0.1, 0.15) is 34.5 Å². The summed E-state index contributed by atoms with van der Waals surface area (Å²) in [6.45, 7) is 3.71. The Morgan fingerprint density at radius 1 is 1.00 bits per heavy atom. The summed E-state index contributed by atoms with van der Waals surface area (Å²) in [4.78, 5) is 26.9. The largest absolute Gasteiger partial charge is 0.373 e. The van der Waals surface area contributed by atoms with Gasteiger partial charge in [0.25, 0.3) is 5.91 Å². The molecule has 3 aliphatic heterocycles. The van der Waals surface area contributed by atoms with E-state index >= 15 is 0 Å². The highest BCUT2D eigenvalue weighted by molar-refractivity contribution is 5.95. The second-order valence-corrected chi connectivity index (χ2v) is 9.19. The van der Waals surface area contributed by atoms with Crippen LogP contribution in [-0.4, -0.2) is 59.3 Å². The van der Waals surface area contributed by atoms with Crippen molar-refractivity contribution >= 4 is 11.7 Å². The summed E-state index contributed by atoms with van der Waals surface area (Å²) in [6.07, 6.45) is 4.84. The highest BCUT2D eigenvalue weighted by Crippen LogP contribution is 2.32. The topological polar surface area (TPSA) is 70.6 Å². The van der Waals surface area contributed by atoms with E-state index in [2.05, 4.69) is 27.3 Å². The number of morpholine rings is 1. The summed E-state index contributed by atoms with van der Waals surface area (Å²) in [5.74, 6) is 0.991. The Morgan fingerprint density at radius 3 is 2.68 bits per heavy atom. The van der Waals surface area contributed by atoms with Gasteiger partial charge >= 0.3 is 0 Å². The predicted octanol–water partition coefficient (Wildman–Crippen LogP) is 3.26. The second kappa shape index (κ2) is 9.16. The molecule has 2 saturated heterocycles. The molecule has 1 N–H and O–H groups in total. The summed E-state index contributed by atoms with van der Waals surface area (Å²) < 4.78 is 6.02. The Morgan fingerprint density at radius 2 is 1.82 bits per heavy atom. The lowest BCUT2D eigenvalue weighted by atomic mass is 9.99. The fourth-order valence-electron chi connectivity index (χ4n) is 5.40. The standard InChI is InChI=1S/C27H29N5O2/c33-27(21-10-8-20(9-11-21)19-5-2-1-3-6-19)31-15-12-23-22(17-31)25(30-18-29-23)32-14-4-7-24-26(32)28-13-16-34-24/h1-3,5-6,8-11,18,24,26,28H,4,7,12-17H2. The van der Waals surface area contributed by atoms with Gasteiger partial charge in [0, 0.05) is 37.2 Å². The van der Waals surface area contributed by atoms with Crippen molar-refractivity contribution in [3.05, 3.63) is 77.7 Å². The van der Waals surface area contributed by atoms with Gasteiger partial charge in [0.1, 0.15) is 18.3 Å². The van der Waals surface area contributed by atoms with Crippen molar-refractivity contribution in [2.45, 2.75) is 38.1 Å². The molecule has 6 rings (SSSR count). The van der Waals surface area contributed by atoms with Gasteiger partial charge < -0.3 is 14.5 Å². The van der Waals surface area contributed by atoms with Crippen molar-refractivity contribution in [3.8, 4) is 11.1 Å². The lowest BCUT2D eigenvalue weighted by Crippen LogP contribution is -2.61. The molecule has 3 aromatic rings. The minimum atomic E-state index is 0.0516. The average Bonchev–Trinajstić information content (AvgIpc) is 2.92. The van der Waals surface area contributed by atoms with E-state index in [-0.39, 0.29) is 18.2 Å². The van der Waals surface area contributed by atoms with Crippen LogP contribution in [0.5, 0.6) is 0 Å². The molecule has 2 atom stereocenters. The molecule has 3 aliphatic rings. The van der Waals surface area contributed by atoms with Crippen LogP contribution in [-0.2, 0) is 17.7 Å². The SMILES string of the molecule is O=C(c1ccc(-c2ccccc2)cc1)N1CCc2ncnc(N3CCCC4OCCNC43)c2C1. The van der Waals surface area contributed by atoms with Crippen LogP contribution in [0.3, 0.4) is 0 Å². The van der Waals surface area contributed by atoms with Gasteiger partial charge in [-0.3, -0.25) is 10.1 Å². The minimum Gasteiger partial charge on any atom is -0.373 e. The van der Waals surface area contributed by atoms with Crippen LogP contribution in [0, 0.1) is 0 Å².